The summed E-state index contributed by atoms with van der Waals surface area (Å²) in [5, 5.41) is 18.3. The number of hydrogen-bond donors (Lipinski definition) is 1. The molecule has 4 aromatic rings. The van der Waals surface area contributed by atoms with Gasteiger partial charge >= 0.3 is 0 Å². The van der Waals surface area contributed by atoms with E-state index < -0.39 is 0 Å². The molecule has 0 atom stereocenters. The van der Waals surface area contributed by atoms with Gasteiger partial charge in [-0.05, 0) is 37.6 Å². The molecule has 8 nitrogen and oxygen atoms in total. The number of allylic oxidation sites excluding steroid dienone is 1. The third kappa shape index (κ3) is 3.16. The summed E-state index contributed by atoms with van der Waals surface area (Å²) in [6.07, 6.45) is 7.36. The van der Waals surface area contributed by atoms with Crippen LogP contribution in [0.3, 0.4) is 0 Å². The second-order valence-corrected chi connectivity index (χ2v) is 6.49. The lowest BCUT2D eigenvalue weighted by Crippen LogP contribution is -2.02. The van der Waals surface area contributed by atoms with Gasteiger partial charge in [0.2, 0.25) is 0 Å². The van der Waals surface area contributed by atoms with Gasteiger partial charge in [-0.2, -0.15) is 15.3 Å². The molecule has 28 heavy (non-hydrogen) atoms. The number of aromatic nitrogens is 5. The molecule has 140 valence electrons. The maximum absolute atomic E-state index is 4.57. The Labute approximate surface area is 162 Å². The van der Waals surface area contributed by atoms with E-state index in [4.69, 9.17) is 0 Å². The molecule has 4 rings (SSSR count). The van der Waals surface area contributed by atoms with Gasteiger partial charge in [-0.15, -0.1) is 0 Å². The van der Waals surface area contributed by atoms with Crippen molar-refractivity contribution in [1.29, 1.82) is 0 Å². The van der Waals surface area contributed by atoms with Crippen LogP contribution in [0.15, 0.2) is 54.2 Å². The fourth-order valence-corrected chi connectivity index (χ4v) is 3.09. The third-order valence-corrected chi connectivity index (χ3v) is 4.44. The van der Waals surface area contributed by atoms with Gasteiger partial charge in [-0.1, -0.05) is 6.07 Å². The molecule has 0 fully saturated rings. The number of hydrazone groups is 1. The summed E-state index contributed by atoms with van der Waals surface area (Å²) < 4.78 is 1.99. The van der Waals surface area contributed by atoms with Gasteiger partial charge in [0.15, 0.2) is 11.5 Å². The van der Waals surface area contributed by atoms with Crippen LogP contribution in [0.4, 0.5) is 11.5 Å². The number of imidazole rings is 1. The molecule has 1 aromatic carbocycles. The number of benzene rings is 1. The first kappa shape index (κ1) is 17.6. The van der Waals surface area contributed by atoms with Gasteiger partial charge in [-0.3, -0.25) is 9.41 Å². The maximum atomic E-state index is 4.57. The van der Waals surface area contributed by atoms with E-state index in [1.165, 1.54) is 0 Å². The van der Waals surface area contributed by atoms with E-state index in [0.717, 1.165) is 39.2 Å². The zero-order chi connectivity index (χ0) is 19.7. The molecule has 0 bridgehead atoms. The molecule has 0 aliphatic rings. The minimum Gasteiger partial charge on any atom is -0.337 e. The SMILES string of the molecule is C=NN(C)/C=C(\C)c1cnc2c(Nc3cccc4nnc(C)cc34)nccn12. The van der Waals surface area contributed by atoms with Gasteiger partial charge < -0.3 is 5.32 Å². The summed E-state index contributed by atoms with van der Waals surface area (Å²) >= 11 is 0. The van der Waals surface area contributed by atoms with E-state index in [1.54, 1.807) is 11.2 Å². The van der Waals surface area contributed by atoms with E-state index >= 15 is 0 Å². The van der Waals surface area contributed by atoms with Crippen molar-refractivity contribution in [2.45, 2.75) is 13.8 Å². The molecule has 0 aliphatic carbocycles. The van der Waals surface area contributed by atoms with Crippen LogP contribution in [-0.2, 0) is 0 Å². The van der Waals surface area contributed by atoms with Crippen LogP contribution in [0.1, 0.15) is 18.3 Å². The Morgan fingerprint density at radius 3 is 2.96 bits per heavy atom. The van der Waals surface area contributed by atoms with Gasteiger partial charge in [0.05, 0.1) is 23.1 Å². The number of rotatable bonds is 5. The number of aryl methyl sites for hydroxylation is 1. The lowest BCUT2D eigenvalue weighted by Gasteiger charge is -2.11. The Morgan fingerprint density at radius 2 is 2.14 bits per heavy atom. The van der Waals surface area contributed by atoms with Crippen LogP contribution in [0.2, 0.25) is 0 Å². The smallest absolute Gasteiger partial charge is 0.180 e. The van der Waals surface area contributed by atoms with E-state index in [-0.39, 0.29) is 0 Å². The molecule has 1 N–H and O–H groups in total. The van der Waals surface area contributed by atoms with E-state index in [0.29, 0.717) is 5.82 Å². The summed E-state index contributed by atoms with van der Waals surface area (Å²) in [5.41, 5.74) is 5.28. The van der Waals surface area contributed by atoms with Crippen molar-refractivity contribution < 1.29 is 0 Å². The summed E-state index contributed by atoms with van der Waals surface area (Å²) in [5.74, 6) is 0.665. The summed E-state index contributed by atoms with van der Waals surface area (Å²) in [4.78, 5) is 9.06. The van der Waals surface area contributed by atoms with Crippen LogP contribution >= 0.6 is 0 Å². The average molecular weight is 372 g/mol. The summed E-state index contributed by atoms with van der Waals surface area (Å²) in [6, 6.07) is 7.88. The van der Waals surface area contributed by atoms with Crippen LogP contribution in [0.5, 0.6) is 0 Å². The number of nitrogens with zero attached hydrogens (tertiary/aromatic N) is 7. The Kier molecular flexibility index (Phi) is 4.44. The number of nitrogens with one attached hydrogen (secondary N) is 1. The number of hydrogen-bond acceptors (Lipinski definition) is 7. The minimum absolute atomic E-state index is 0.665. The Hall–Kier alpha value is -3.81. The van der Waals surface area contributed by atoms with Crippen LogP contribution in [0, 0.1) is 6.92 Å². The molecular weight excluding hydrogens is 352 g/mol. The summed E-state index contributed by atoms with van der Waals surface area (Å²) in [7, 11) is 1.83. The average Bonchev–Trinajstić information content (AvgIpc) is 3.13. The van der Waals surface area contributed by atoms with Gasteiger partial charge in [0, 0.05) is 43.4 Å². The predicted molar refractivity (Wildman–Crippen MR) is 112 cm³/mol. The summed E-state index contributed by atoms with van der Waals surface area (Å²) in [6.45, 7) is 7.46. The van der Waals surface area contributed by atoms with Gasteiger partial charge in [-0.25, -0.2) is 9.97 Å². The molecule has 3 aromatic heterocycles. The van der Waals surface area contributed by atoms with Crippen LogP contribution in [-0.4, -0.2) is 43.3 Å². The van der Waals surface area contributed by atoms with Crippen LogP contribution < -0.4 is 5.32 Å². The molecule has 3 heterocycles. The Bertz CT molecular complexity index is 1210. The first-order valence-electron chi connectivity index (χ1n) is 8.77. The van der Waals surface area contributed by atoms with Crippen molar-refractivity contribution in [2.75, 3.05) is 12.4 Å². The first-order valence-corrected chi connectivity index (χ1v) is 8.77. The molecule has 0 spiro atoms. The number of fused-ring (bicyclic) bond motifs is 2. The molecule has 8 heteroatoms. The molecule has 0 amide bonds. The second-order valence-electron chi connectivity index (χ2n) is 6.49. The number of anilines is 2. The lowest BCUT2D eigenvalue weighted by molar-refractivity contribution is 0.496. The highest BCUT2D eigenvalue weighted by Gasteiger charge is 2.12. The Balaban J connectivity index is 1.78. The topological polar surface area (TPSA) is 83.6 Å². The molecule has 0 unspecified atom stereocenters. The standard InChI is InChI=1S/C20H20N8/c1-13(12-27(4)21-3)18-11-23-20-19(22-8-9-28(18)20)24-16-6-5-7-17-15(16)10-14(2)25-26-17/h5-12H,3H2,1-2,4H3,(H,22,24)/b13-12+. The van der Waals surface area contributed by atoms with Crippen molar-refractivity contribution in [3.05, 3.63) is 60.4 Å². The molecule has 0 saturated carbocycles. The van der Waals surface area contributed by atoms with Crippen molar-refractivity contribution >= 4 is 40.3 Å². The van der Waals surface area contributed by atoms with Crippen molar-refractivity contribution in [2.24, 2.45) is 5.10 Å². The lowest BCUT2D eigenvalue weighted by atomic mass is 10.2. The molecule has 0 radical (unpaired) electrons. The van der Waals surface area contributed by atoms with Gasteiger partial charge in [0.1, 0.15) is 0 Å². The quantitative estimate of drug-likeness (QED) is 0.425. The highest BCUT2D eigenvalue weighted by molar-refractivity contribution is 5.93. The first-order chi connectivity index (χ1) is 13.6. The predicted octanol–water partition coefficient (Wildman–Crippen LogP) is 3.63. The second kappa shape index (κ2) is 7.07. The molecule has 0 aliphatic heterocycles. The molecule has 0 saturated heterocycles. The fourth-order valence-electron chi connectivity index (χ4n) is 3.09. The van der Waals surface area contributed by atoms with E-state index in [2.05, 4.69) is 37.3 Å². The van der Waals surface area contributed by atoms with Crippen molar-refractivity contribution in [1.82, 2.24) is 29.6 Å². The van der Waals surface area contributed by atoms with Crippen molar-refractivity contribution in [3.63, 3.8) is 0 Å². The highest BCUT2D eigenvalue weighted by atomic mass is 15.4. The fraction of sp³-hybridized carbons (Fsp3) is 0.150. The molecular formula is C20H20N8. The zero-order valence-corrected chi connectivity index (χ0v) is 16.0. The van der Waals surface area contributed by atoms with E-state index in [1.807, 2.05) is 68.2 Å². The van der Waals surface area contributed by atoms with Gasteiger partial charge in [0.25, 0.3) is 0 Å². The largest absolute Gasteiger partial charge is 0.337 e. The van der Waals surface area contributed by atoms with Crippen LogP contribution in [0.25, 0.3) is 22.1 Å². The maximum Gasteiger partial charge on any atom is 0.180 e. The Morgan fingerprint density at radius 1 is 1.29 bits per heavy atom. The zero-order valence-electron chi connectivity index (χ0n) is 16.0. The van der Waals surface area contributed by atoms with Crippen molar-refractivity contribution in [3.8, 4) is 0 Å². The van der Waals surface area contributed by atoms with E-state index in [9.17, 15) is 0 Å². The third-order valence-electron chi connectivity index (χ3n) is 4.44. The normalized spacial score (nSPS) is 11.8. The highest BCUT2D eigenvalue weighted by Crippen LogP contribution is 2.27. The monoisotopic (exact) mass is 372 g/mol. The minimum atomic E-state index is 0.665.